The van der Waals surface area contributed by atoms with Crippen LogP contribution in [0.1, 0.15) is 46.0 Å². The van der Waals surface area contributed by atoms with E-state index in [4.69, 9.17) is 9.57 Å². The fourth-order valence-electron chi connectivity index (χ4n) is 2.30. The largest absolute Gasteiger partial charge is 0.465 e. The summed E-state index contributed by atoms with van der Waals surface area (Å²) in [6.07, 6.45) is 3.19. The number of rotatable bonds is 10. The van der Waals surface area contributed by atoms with Gasteiger partial charge in [0.2, 0.25) is 0 Å². The predicted molar refractivity (Wildman–Crippen MR) is 112 cm³/mol. The second-order valence-electron chi connectivity index (χ2n) is 6.24. The molecule has 1 amide bonds. The van der Waals surface area contributed by atoms with Crippen LogP contribution in [0.3, 0.4) is 0 Å². The van der Waals surface area contributed by atoms with E-state index in [2.05, 4.69) is 15.2 Å². The maximum atomic E-state index is 11.9. The lowest BCUT2D eigenvalue weighted by molar-refractivity contribution is -0.120. The van der Waals surface area contributed by atoms with E-state index >= 15 is 0 Å². The molecule has 0 aromatic heterocycles. The molecule has 0 aliphatic heterocycles. The zero-order chi connectivity index (χ0) is 21.8. The molecule has 0 bridgehead atoms. The Labute approximate surface area is 174 Å². The van der Waals surface area contributed by atoms with Gasteiger partial charge in [0, 0.05) is 5.69 Å². The van der Waals surface area contributed by atoms with Gasteiger partial charge in [0.25, 0.3) is 5.91 Å². The molecule has 0 atom stereocenters. The molecule has 8 heteroatoms. The molecule has 2 aromatic rings. The summed E-state index contributed by atoms with van der Waals surface area (Å²) in [5, 5.41) is 6.37. The minimum Gasteiger partial charge on any atom is -0.465 e. The van der Waals surface area contributed by atoms with Crippen LogP contribution in [0.2, 0.25) is 0 Å². The third-order valence-electron chi connectivity index (χ3n) is 3.94. The van der Waals surface area contributed by atoms with Crippen molar-refractivity contribution in [1.82, 2.24) is 0 Å². The van der Waals surface area contributed by atoms with E-state index in [0.29, 0.717) is 29.0 Å². The molecule has 0 saturated carbocycles. The fraction of sp³-hybridized carbons (Fsp3) is 0.273. The number of hydrogen-bond acceptors (Lipinski definition) is 7. The number of hydrogen-bond donors (Lipinski definition) is 1. The number of ether oxygens (including phenoxy) is 2. The average Bonchev–Trinajstić information content (AvgIpc) is 2.77. The molecule has 0 spiro atoms. The van der Waals surface area contributed by atoms with Crippen molar-refractivity contribution in [3.8, 4) is 0 Å². The maximum absolute atomic E-state index is 11.9. The van der Waals surface area contributed by atoms with Crippen LogP contribution in [-0.2, 0) is 19.1 Å². The minimum atomic E-state index is -0.423. The smallest absolute Gasteiger partial charge is 0.338 e. The van der Waals surface area contributed by atoms with Gasteiger partial charge < -0.3 is 19.6 Å². The van der Waals surface area contributed by atoms with Crippen LogP contribution in [0.5, 0.6) is 0 Å². The first-order chi connectivity index (χ1) is 14.5. The topological polar surface area (TPSA) is 103 Å². The number of methoxy groups -OCH3 is 1. The van der Waals surface area contributed by atoms with Crippen LogP contribution >= 0.6 is 0 Å². The molecule has 158 valence electrons. The lowest BCUT2D eigenvalue weighted by atomic mass is 10.1. The van der Waals surface area contributed by atoms with Gasteiger partial charge >= 0.3 is 11.9 Å². The molecule has 2 aromatic carbocycles. The molecular formula is C22H24N2O6. The van der Waals surface area contributed by atoms with Crippen LogP contribution in [0.4, 0.5) is 5.69 Å². The Bertz CT molecular complexity index is 876. The normalized spacial score (nSPS) is 10.5. The van der Waals surface area contributed by atoms with Crippen LogP contribution in [0.25, 0.3) is 0 Å². The van der Waals surface area contributed by atoms with Crippen molar-refractivity contribution in [2.45, 2.75) is 19.8 Å². The molecule has 8 nitrogen and oxygen atoms in total. The number of carbonyl (C=O) groups is 3. The summed E-state index contributed by atoms with van der Waals surface area (Å²) in [6, 6.07) is 12.9. The molecule has 30 heavy (non-hydrogen) atoms. The van der Waals surface area contributed by atoms with E-state index in [1.165, 1.54) is 13.3 Å². The van der Waals surface area contributed by atoms with Crippen LogP contribution in [0, 0.1) is 0 Å². The highest BCUT2D eigenvalue weighted by Gasteiger charge is 2.08. The Morgan fingerprint density at radius 2 is 1.60 bits per heavy atom. The number of oxime groups is 1. The summed E-state index contributed by atoms with van der Waals surface area (Å²) in [6.45, 7) is 2.13. The summed E-state index contributed by atoms with van der Waals surface area (Å²) in [7, 11) is 1.31. The van der Waals surface area contributed by atoms with E-state index in [-0.39, 0.29) is 6.61 Å². The number of carbonyl (C=O) groups excluding carboxylic acids is 3. The number of benzene rings is 2. The van der Waals surface area contributed by atoms with Gasteiger partial charge in [-0.1, -0.05) is 30.6 Å². The number of anilines is 1. The standard InChI is InChI=1S/C22H24N2O6/c1-3-4-13-29-22(27)18-9-11-19(12-10-18)24-20(25)15-30-23-14-16-5-7-17(8-6-16)21(26)28-2/h5-12,14H,3-4,13,15H2,1-2H3,(H,24,25)/b23-14+. The van der Waals surface area contributed by atoms with E-state index in [1.54, 1.807) is 48.5 Å². The average molecular weight is 412 g/mol. The third-order valence-corrected chi connectivity index (χ3v) is 3.94. The monoisotopic (exact) mass is 412 g/mol. The summed E-state index contributed by atoms with van der Waals surface area (Å²) in [5.41, 5.74) is 2.07. The molecule has 0 heterocycles. The number of amides is 1. The predicted octanol–water partition coefficient (Wildman–Crippen LogP) is 3.42. The number of unbranched alkanes of at least 4 members (excludes halogenated alkanes) is 1. The molecule has 1 N–H and O–H groups in total. The molecule has 0 aliphatic carbocycles. The molecular weight excluding hydrogens is 388 g/mol. The quantitative estimate of drug-likeness (QED) is 0.278. The zero-order valence-corrected chi connectivity index (χ0v) is 16.9. The van der Waals surface area contributed by atoms with Crippen LogP contribution in [-0.4, -0.2) is 44.4 Å². The van der Waals surface area contributed by atoms with Crippen molar-refractivity contribution < 1.29 is 28.7 Å². The minimum absolute atomic E-state index is 0.280. The highest BCUT2D eigenvalue weighted by Crippen LogP contribution is 2.11. The van der Waals surface area contributed by atoms with Gasteiger partial charge in [-0.3, -0.25) is 4.79 Å². The van der Waals surface area contributed by atoms with E-state index < -0.39 is 17.8 Å². The van der Waals surface area contributed by atoms with Gasteiger partial charge in [-0.25, -0.2) is 9.59 Å². The summed E-state index contributed by atoms with van der Waals surface area (Å²) in [4.78, 5) is 40.1. The Balaban J connectivity index is 1.75. The molecule has 0 radical (unpaired) electrons. The molecule has 0 unspecified atom stereocenters. The van der Waals surface area contributed by atoms with E-state index in [9.17, 15) is 14.4 Å². The lowest BCUT2D eigenvalue weighted by Gasteiger charge is -2.06. The van der Waals surface area contributed by atoms with Gasteiger partial charge in [0.05, 0.1) is 31.1 Å². The van der Waals surface area contributed by atoms with Crippen molar-refractivity contribution in [1.29, 1.82) is 0 Å². The summed E-state index contributed by atoms with van der Waals surface area (Å²) >= 11 is 0. The third kappa shape index (κ3) is 7.38. The SMILES string of the molecule is CCCCOC(=O)c1ccc(NC(=O)CO/N=C/c2ccc(C(=O)OC)cc2)cc1. The van der Waals surface area contributed by atoms with Crippen molar-refractivity contribution in [3.05, 3.63) is 65.2 Å². The van der Waals surface area contributed by atoms with Gasteiger partial charge in [0.1, 0.15) is 0 Å². The molecule has 2 rings (SSSR count). The van der Waals surface area contributed by atoms with Crippen molar-refractivity contribution in [2.24, 2.45) is 5.16 Å². The highest BCUT2D eigenvalue weighted by atomic mass is 16.6. The fourth-order valence-corrected chi connectivity index (χ4v) is 2.30. The molecule has 0 saturated heterocycles. The molecule has 0 aliphatic rings. The number of nitrogens with one attached hydrogen (secondary N) is 1. The highest BCUT2D eigenvalue weighted by molar-refractivity contribution is 5.94. The maximum Gasteiger partial charge on any atom is 0.338 e. The Kier molecular flexibility index (Phi) is 9.05. The van der Waals surface area contributed by atoms with Gasteiger partial charge in [0.15, 0.2) is 6.61 Å². The zero-order valence-electron chi connectivity index (χ0n) is 16.9. The lowest BCUT2D eigenvalue weighted by Crippen LogP contribution is -2.17. The summed E-state index contributed by atoms with van der Waals surface area (Å²) < 4.78 is 9.75. The van der Waals surface area contributed by atoms with E-state index in [0.717, 1.165) is 12.8 Å². The first kappa shape index (κ1) is 22.6. The second-order valence-corrected chi connectivity index (χ2v) is 6.24. The number of esters is 2. The van der Waals surface area contributed by atoms with Gasteiger partial charge in [-0.05, 0) is 48.4 Å². The van der Waals surface area contributed by atoms with Crippen molar-refractivity contribution >= 4 is 29.7 Å². The second kappa shape index (κ2) is 12.0. The Morgan fingerprint density at radius 1 is 0.967 bits per heavy atom. The number of nitrogens with zero attached hydrogens (tertiary/aromatic N) is 1. The first-order valence-electron chi connectivity index (χ1n) is 9.44. The first-order valence-corrected chi connectivity index (χ1v) is 9.44. The van der Waals surface area contributed by atoms with Gasteiger partial charge in [-0.2, -0.15) is 0 Å². The van der Waals surface area contributed by atoms with Crippen molar-refractivity contribution in [2.75, 3.05) is 25.6 Å². The van der Waals surface area contributed by atoms with Gasteiger partial charge in [-0.15, -0.1) is 0 Å². The summed E-state index contributed by atoms with van der Waals surface area (Å²) in [5.74, 6) is -1.21. The van der Waals surface area contributed by atoms with Crippen LogP contribution in [0.15, 0.2) is 53.7 Å². The van der Waals surface area contributed by atoms with Crippen molar-refractivity contribution in [3.63, 3.8) is 0 Å². The Hall–Kier alpha value is -3.68. The Morgan fingerprint density at radius 3 is 2.23 bits per heavy atom. The van der Waals surface area contributed by atoms with E-state index in [1.807, 2.05) is 6.92 Å². The van der Waals surface area contributed by atoms with Crippen LogP contribution < -0.4 is 5.32 Å². The molecule has 0 fully saturated rings.